The number of amides is 1. The zero-order valence-electron chi connectivity index (χ0n) is 30.4. The summed E-state index contributed by atoms with van der Waals surface area (Å²) in [4.78, 5) is 47.8. The fourth-order valence-corrected chi connectivity index (χ4v) is 8.01. The van der Waals surface area contributed by atoms with E-state index in [9.17, 15) is 14.4 Å². The Balaban J connectivity index is 1.46. The highest BCUT2D eigenvalue weighted by Crippen LogP contribution is 2.53. The number of carbonyl (C=O) groups is 3. The standard InChI is InChI=1S/C38H44BrN3O8Si/c1-37(2,3)51(8,9)50-26-17-25-28(29-31(26)41-38(4,34(29)43)36(45)49-20-21-13-11-10-12-14-21)23(18-39)19-42(25)35(44)24-15-22-16-27(46-5)32(47-6)33(48-7)30(22)40-24/h10-17,23,40-41H,18-20H2,1-9H3/t23-,38-/m1/s1. The Morgan fingerprint density at radius 2 is 1.69 bits per heavy atom. The number of carbonyl (C=O) groups excluding carboxylic acids is 3. The van der Waals surface area contributed by atoms with Crippen LogP contribution in [-0.2, 0) is 16.1 Å². The van der Waals surface area contributed by atoms with Crippen molar-refractivity contribution in [1.29, 1.82) is 0 Å². The first-order valence-corrected chi connectivity index (χ1v) is 20.8. The highest BCUT2D eigenvalue weighted by atomic mass is 79.9. The van der Waals surface area contributed by atoms with Gasteiger partial charge in [0.1, 0.15) is 18.1 Å². The Kier molecular flexibility index (Phi) is 9.43. The van der Waals surface area contributed by atoms with Gasteiger partial charge in [0, 0.05) is 29.2 Å². The van der Waals surface area contributed by atoms with Crippen LogP contribution >= 0.6 is 15.9 Å². The molecule has 0 saturated carbocycles. The second-order valence-corrected chi connectivity index (χ2v) is 20.0. The monoisotopic (exact) mass is 777 g/mol. The minimum atomic E-state index is -2.49. The molecule has 270 valence electrons. The third kappa shape index (κ3) is 6.03. The van der Waals surface area contributed by atoms with E-state index in [1.807, 2.05) is 36.4 Å². The normalized spacial score (nSPS) is 18.3. The SMILES string of the molecule is COc1cc2cc(C(=O)N3C[C@@H](CBr)c4c3cc(O[Si](C)(C)C(C)(C)C)c3c4C(=O)[C@](C)(C(=O)OCc4ccccc4)N3)[nH]c2c(OC)c1OC. The molecule has 51 heavy (non-hydrogen) atoms. The topological polar surface area (TPSA) is 128 Å². The maximum absolute atomic E-state index is 14.6. The van der Waals surface area contributed by atoms with Gasteiger partial charge in [0.2, 0.25) is 11.5 Å². The molecule has 11 nitrogen and oxygen atoms in total. The van der Waals surface area contributed by atoms with E-state index in [-0.39, 0.29) is 30.0 Å². The first kappa shape index (κ1) is 36.3. The molecule has 2 atom stereocenters. The molecule has 0 saturated heterocycles. The number of anilines is 2. The average Bonchev–Trinajstić information content (AvgIpc) is 3.77. The number of nitrogens with one attached hydrogen (secondary N) is 2. The van der Waals surface area contributed by atoms with Crippen molar-refractivity contribution in [3.8, 4) is 23.0 Å². The van der Waals surface area contributed by atoms with Crippen molar-refractivity contribution >= 4 is 64.2 Å². The minimum Gasteiger partial charge on any atom is -0.542 e. The first-order valence-electron chi connectivity index (χ1n) is 16.7. The van der Waals surface area contributed by atoms with E-state index in [1.54, 1.807) is 24.0 Å². The number of hydrogen-bond donors (Lipinski definition) is 2. The second-order valence-electron chi connectivity index (χ2n) is 14.6. The van der Waals surface area contributed by atoms with Crippen LogP contribution in [0.1, 0.15) is 65.6 Å². The molecular formula is C38H44BrN3O8Si. The Morgan fingerprint density at radius 1 is 1.00 bits per heavy atom. The van der Waals surface area contributed by atoms with Gasteiger partial charge in [-0.25, -0.2) is 4.79 Å². The molecule has 2 aliphatic heterocycles. The number of halogens is 1. The number of benzene rings is 3. The van der Waals surface area contributed by atoms with Crippen molar-refractivity contribution in [2.45, 2.75) is 63.9 Å². The molecule has 4 aromatic rings. The van der Waals surface area contributed by atoms with Gasteiger partial charge in [-0.15, -0.1) is 0 Å². The average molecular weight is 779 g/mol. The predicted molar refractivity (Wildman–Crippen MR) is 203 cm³/mol. The van der Waals surface area contributed by atoms with Crippen molar-refractivity contribution in [1.82, 2.24) is 4.98 Å². The van der Waals surface area contributed by atoms with Gasteiger partial charge < -0.3 is 38.6 Å². The van der Waals surface area contributed by atoms with Crippen molar-refractivity contribution in [2.24, 2.45) is 0 Å². The molecule has 0 unspecified atom stereocenters. The Hall–Kier alpha value is -4.49. The first-order chi connectivity index (χ1) is 24.1. The molecule has 3 heterocycles. The zero-order valence-corrected chi connectivity index (χ0v) is 33.0. The van der Waals surface area contributed by atoms with Crippen molar-refractivity contribution in [3.63, 3.8) is 0 Å². The summed E-state index contributed by atoms with van der Waals surface area (Å²) in [5.41, 5.74) is 1.99. The van der Waals surface area contributed by atoms with Gasteiger partial charge >= 0.3 is 5.97 Å². The minimum absolute atomic E-state index is 0.0192. The van der Waals surface area contributed by atoms with E-state index in [1.165, 1.54) is 21.3 Å². The summed E-state index contributed by atoms with van der Waals surface area (Å²) in [6, 6.07) is 14.7. The molecule has 0 fully saturated rings. The Bertz CT molecular complexity index is 2040. The molecule has 1 aromatic heterocycles. The third-order valence-corrected chi connectivity index (χ3v) is 15.5. The molecule has 0 bridgehead atoms. The predicted octanol–water partition coefficient (Wildman–Crippen LogP) is 7.83. The van der Waals surface area contributed by atoms with E-state index < -0.39 is 25.6 Å². The van der Waals surface area contributed by atoms with E-state index in [2.05, 4.69) is 60.1 Å². The van der Waals surface area contributed by atoms with Gasteiger partial charge in [0.25, 0.3) is 14.2 Å². The summed E-state index contributed by atoms with van der Waals surface area (Å²) in [5.74, 6) is 0.00233. The van der Waals surface area contributed by atoms with Crippen LogP contribution in [-0.4, -0.2) is 69.7 Å². The largest absolute Gasteiger partial charge is 0.542 e. The van der Waals surface area contributed by atoms with Gasteiger partial charge in [-0.05, 0) is 48.3 Å². The quantitative estimate of drug-likeness (QED) is 0.0717. The summed E-state index contributed by atoms with van der Waals surface area (Å²) in [7, 11) is 2.10. The zero-order chi connectivity index (χ0) is 37.0. The van der Waals surface area contributed by atoms with Gasteiger partial charge in [0.15, 0.2) is 17.0 Å². The van der Waals surface area contributed by atoms with Crippen LogP contribution in [0.25, 0.3) is 10.9 Å². The van der Waals surface area contributed by atoms with Crippen LogP contribution in [0.15, 0.2) is 48.5 Å². The lowest BCUT2D eigenvalue weighted by molar-refractivity contribution is -0.147. The van der Waals surface area contributed by atoms with Crippen molar-refractivity contribution < 1.29 is 37.8 Å². The number of aromatic amines is 1. The number of rotatable bonds is 10. The number of aromatic nitrogens is 1. The summed E-state index contributed by atoms with van der Waals surface area (Å²) in [5, 5.41) is 4.24. The van der Waals surface area contributed by atoms with E-state index in [0.29, 0.717) is 67.4 Å². The molecular weight excluding hydrogens is 734 g/mol. The van der Waals surface area contributed by atoms with E-state index >= 15 is 0 Å². The summed E-state index contributed by atoms with van der Waals surface area (Å²) < 4.78 is 29.4. The number of alkyl halides is 1. The van der Waals surface area contributed by atoms with E-state index in [4.69, 9.17) is 23.4 Å². The number of nitrogens with zero attached hydrogens (tertiary/aromatic N) is 1. The molecule has 0 spiro atoms. The highest BCUT2D eigenvalue weighted by Gasteiger charge is 2.54. The highest BCUT2D eigenvalue weighted by molar-refractivity contribution is 9.09. The van der Waals surface area contributed by atoms with Crippen LogP contribution in [0.2, 0.25) is 18.1 Å². The number of fused-ring (bicyclic) bond motifs is 4. The van der Waals surface area contributed by atoms with Crippen molar-refractivity contribution in [3.05, 3.63) is 70.9 Å². The Labute approximate surface area is 307 Å². The summed E-state index contributed by atoms with van der Waals surface area (Å²) >= 11 is 3.65. The van der Waals surface area contributed by atoms with Crippen molar-refractivity contribution in [2.75, 3.05) is 43.4 Å². The third-order valence-electron chi connectivity index (χ3n) is 10.3. The smallest absolute Gasteiger partial charge is 0.340 e. The van der Waals surface area contributed by atoms with Crippen LogP contribution in [0.4, 0.5) is 11.4 Å². The molecule has 3 aromatic carbocycles. The molecule has 6 rings (SSSR count). The fourth-order valence-electron chi connectivity index (χ4n) is 6.47. The van der Waals surface area contributed by atoms with Crippen LogP contribution in [0.3, 0.4) is 0 Å². The number of ether oxygens (including phenoxy) is 4. The van der Waals surface area contributed by atoms with Crippen LogP contribution in [0.5, 0.6) is 23.0 Å². The van der Waals surface area contributed by atoms with Gasteiger partial charge in [0.05, 0.1) is 43.8 Å². The Morgan fingerprint density at radius 3 is 2.29 bits per heavy atom. The maximum atomic E-state index is 14.6. The number of methoxy groups -OCH3 is 3. The second kappa shape index (κ2) is 13.2. The molecule has 2 N–H and O–H groups in total. The lowest BCUT2D eigenvalue weighted by Crippen LogP contribution is -2.48. The van der Waals surface area contributed by atoms with E-state index in [0.717, 1.165) is 5.56 Å². The maximum Gasteiger partial charge on any atom is 0.340 e. The van der Waals surface area contributed by atoms with Crippen LogP contribution in [0, 0.1) is 0 Å². The molecule has 13 heteroatoms. The number of ketones is 1. The van der Waals surface area contributed by atoms with Gasteiger partial charge in [-0.1, -0.05) is 67.0 Å². The number of hydrogen-bond acceptors (Lipinski definition) is 9. The lowest BCUT2D eigenvalue weighted by Gasteiger charge is -2.37. The molecule has 2 aliphatic rings. The van der Waals surface area contributed by atoms with Gasteiger partial charge in [-0.3, -0.25) is 9.59 Å². The number of Topliss-reactive ketones (excluding diaryl/α,β-unsaturated/α-hetero) is 1. The molecule has 1 amide bonds. The van der Waals surface area contributed by atoms with Gasteiger partial charge in [-0.2, -0.15) is 0 Å². The molecule has 0 aliphatic carbocycles. The lowest BCUT2D eigenvalue weighted by atomic mass is 9.89. The molecule has 0 radical (unpaired) electrons. The number of H-pyrrole nitrogens is 1. The van der Waals surface area contributed by atoms with Crippen LogP contribution < -0.4 is 28.9 Å². The summed E-state index contributed by atoms with van der Waals surface area (Å²) in [6.07, 6.45) is 0. The summed E-state index contributed by atoms with van der Waals surface area (Å²) in [6.45, 7) is 12.5. The number of esters is 1. The fraction of sp³-hybridized carbons (Fsp3) is 0.395.